The van der Waals surface area contributed by atoms with Crippen molar-refractivity contribution in [3.8, 4) is 5.75 Å². The summed E-state index contributed by atoms with van der Waals surface area (Å²) in [4.78, 5) is 13.9. The number of esters is 1. The maximum absolute atomic E-state index is 11.8. The third kappa shape index (κ3) is 3.21. The molecule has 4 nitrogen and oxygen atoms in total. The number of carbonyl (C=O) groups excluding carboxylic acids is 1. The van der Waals surface area contributed by atoms with Gasteiger partial charge in [-0.05, 0) is 55.8 Å². The van der Waals surface area contributed by atoms with Gasteiger partial charge in [-0.1, -0.05) is 13.8 Å². The van der Waals surface area contributed by atoms with Crippen LogP contribution in [0.15, 0.2) is 36.4 Å². The molecule has 0 unspecified atom stereocenters. The van der Waals surface area contributed by atoms with Crippen LogP contribution in [0.4, 0.5) is 11.4 Å². The van der Waals surface area contributed by atoms with Crippen LogP contribution in [0.2, 0.25) is 0 Å². The minimum atomic E-state index is -0.288. The third-order valence-electron chi connectivity index (χ3n) is 4.72. The van der Waals surface area contributed by atoms with Crippen molar-refractivity contribution in [2.75, 3.05) is 25.2 Å². The van der Waals surface area contributed by atoms with Crippen LogP contribution in [0.25, 0.3) is 0 Å². The summed E-state index contributed by atoms with van der Waals surface area (Å²) in [5.74, 6) is 0.726. The van der Waals surface area contributed by atoms with Gasteiger partial charge in [0.2, 0.25) is 0 Å². The van der Waals surface area contributed by atoms with Crippen molar-refractivity contribution >= 4 is 17.3 Å². The summed E-state index contributed by atoms with van der Waals surface area (Å²) in [5, 5.41) is 0. The number of hydrogen-bond donors (Lipinski definition) is 0. The van der Waals surface area contributed by atoms with Crippen molar-refractivity contribution in [3.05, 3.63) is 53.1 Å². The maximum atomic E-state index is 11.8. The fourth-order valence-electron chi connectivity index (χ4n) is 3.16. The van der Waals surface area contributed by atoms with Gasteiger partial charge in [0.15, 0.2) is 0 Å². The van der Waals surface area contributed by atoms with E-state index in [1.807, 2.05) is 19.2 Å². The van der Waals surface area contributed by atoms with Crippen molar-refractivity contribution in [1.82, 2.24) is 0 Å². The van der Waals surface area contributed by atoms with Crippen LogP contribution in [0.1, 0.15) is 42.3 Å². The zero-order valence-electron chi connectivity index (χ0n) is 15.6. The highest BCUT2D eigenvalue weighted by Crippen LogP contribution is 2.43. The monoisotopic (exact) mass is 339 g/mol. The molecule has 0 aliphatic carbocycles. The molecule has 3 rings (SSSR count). The average molecular weight is 339 g/mol. The highest BCUT2D eigenvalue weighted by Gasteiger charge is 2.33. The molecular formula is C21H25NO3. The molecule has 0 spiro atoms. The lowest BCUT2D eigenvalue weighted by Crippen LogP contribution is -2.19. The third-order valence-corrected chi connectivity index (χ3v) is 4.72. The Morgan fingerprint density at radius 2 is 1.88 bits per heavy atom. The number of benzene rings is 2. The fourth-order valence-corrected chi connectivity index (χ4v) is 3.16. The molecule has 0 N–H and O–H groups in total. The second-order valence-electron chi connectivity index (χ2n) is 7.14. The predicted molar refractivity (Wildman–Crippen MR) is 100 cm³/mol. The van der Waals surface area contributed by atoms with E-state index >= 15 is 0 Å². The molecular weight excluding hydrogens is 314 g/mol. The van der Waals surface area contributed by atoms with E-state index in [4.69, 9.17) is 9.47 Å². The van der Waals surface area contributed by atoms with Crippen molar-refractivity contribution in [1.29, 1.82) is 0 Å². The van der Waals surface area contributed by atoms with Crippen LogP contribution in [0, 0.1) is 6.92 Å². The summed E-state index contributed by atoms with van der Waals surface area (Å²) in [7, 11) is 2.03. The number of rotatable bonds is 4. The second-order valence-corrected chi connectivity index (χ2v) is 7.14. The van der Waals surface area contributed by atoms with Crippen molar-refractivity contribution in [3.63, 3.8) is 0 Å². The van der Waals surface area contributed by atoms with Crippen LogP contribution in [-0.2, 0) is 10.2 Å². The molecule has 0 fully saturated rings. The van der Waals surface area contributed by atoms with Gasteiger partial charge in [0.1, 0.15) is 5.75 Å². The van der Waals surface area contributed by atoms with Gasteiger partial charge in [-0.3, -0.25) is 0 Å². The van der Waals surface area contributed by atoms with E-state index in [1.165, 1.54) is 5.56 Å². The Morgan fingerprint density at radius 1 is 1.20 bits per heavy atom. The molecule has 0 aromatic heterocycles. The number of carbonyl (C=O) groups is 1. The first-order chi connectivity index (χ1) is 11.8. The van der Waals surface area contributed by atoms with E-state index in [0.29, 0.717) is 18.8 Å². The summed E-state index contributed by atoms with van der Waals surface area (Å²) in [6.07, 6.45) is 0. The van der Waals surface area contributed by atoms with E-state index in [0.717, 1.165) is 22.7 Å². The molecule has 1 heterocycles. The van der Waals surface area contributed by atoms with E-state index in [-0.39, 0.29) is 11.4 Å². The van der Waals surface area contributed by atoms with E-state index < -0.39 is 0 Å². The van der Waals surface area contributed by atoms with Crippen LogP contribution >= 0.6 is 0 Å². The number of aryl methyl sites for hydroxylation is 1. The Labute approximate surface area is 149 Å². The Balaban J connectivity index is 1.90. The van der Waals surface area contributed by atoms with Crippen LogP contribution in [0.5, 0.6) is 5.75 Å². The second kappa shape index (κ2) is 6.43. The van der Waals surface area contributed by atoms with Gasteiger partial charge in [0, 0.05) is 29.4 Å². The largest absolute Gasteiger partial charge is 0.492 e. The lowest BCUT2D eigenvalue weighted by Gasteiger charge is -2.23. The summed E-state index contributed by atoms with van der Waals surface area (Å²) < 4.78 is 10.9. The molecule has 0 saturated heterocycles. The Bertz CT molecular complexity index is 794. The molecule has 0 amide bonds. The Hall–Kier alpha value is -2.49. The zero-order chi connectivity index (χ0) is 18.2. The first-order valence-corrected chi connectivity index (χ1v) is 8.62. The Morgan fingerprint density at radius 3 is 2.52 bits per heavy atom. The molecule has 1 aliphatic heterocycles. The highest BCUT2D eigenvalue weighted by atomic mass is 16.5. The quantitative estimate of drug-likeness (QED) is 0.763. The predicted octanol–water partition coefficient (Wildman–Crippen LogP) is 4.61. The molecule has 0 bridgehead atoms. The van der Waals surface area contributed by atoms with Gasteiger partial charge in [0.05, 0.1) is 18.8 Å². The fraction of sp³-hybridized carbons (Fsp3) is 0.381. The highest BCUT2D eigenvalue weighted by molar-refractivity contribution is 5.90. The van der Waals surface area contributed by atoms with Crippen LogP contribution in [0.3, 0.4) is 0 Å². The van der Waals surface area contributed by atoms with E-state index in [2.05, 4.69) is 37.8 Å². The minimum Gasteiger partial charge on any atom is -0.492 e. The van der Waals surface area contributed by atoms with Gasteiger partial charge in [0.25, 0.3) is 0 Å². The SMILES string of the molecule is CCOC(=O)c1ccc(N(C)c2cc(C)c3c(c2)C(C)(C)CO3)cc1. The van der Waals surface area contributed by atoms with Crippen LogP contribution in [-0.4, -0.2) is 26.2 Å². The molecule has 4 heteroatoms. The lowest BCUT2D eigenvalue weighted by atomic mass is 9.86. The summed E-state index contributed by atoms with van der Waals surface area (Å²) in [5.41, 5.74) is 5.11. The smallest absolute Gasteiger partial charge is 0.338 e. The number of anilines is 2. The van der Waals surface area contributed by atoms with Gasteiger partial charge in [-0.25, -0.2) is 4.79 Å². The van der Waals surface area contributed by atoms with Gasteiger partial charge in [-0.2, -0.15) is 0 Å². The molecule has 2 aromatic carbocycles. The normalized spacial score (nSPS) is 14.6. The van der Waals surface area contributed by atoms with E-state index in [1.54, 1.807) is 19.1 Å². The first-order valence-electron chi connectivity index (χ1n) is 8.62. The molecule has 25 heavy (non-hydrogen) atoms. The average Bonchev–Trinajstić information content (AvgIpc) is 2.90. The van der Waals surface area contributed by atoms with Gasteiger partial charge >= 0.3 is 5.97 Å². The van der Waals surface area contributed by atoms with Crippen molar-refractivity contribution < 1.29 is 14.3 Å². The Kier molecular flexibility index (Phi) is 4.46. The summed E-state index contributed by atoms with van der Waals surface area (Å²) in [6.45, 7) is 9.40. The zero-order valence-corrected chi connectivity index (χ0v) is 15.6. The maximum Gasteiger partial charge on any atom is 0.338 e. The molecule has 132 valence electrons. The summed E-state index contributed by atoms with van der Waals surface area (Å²) in [6, 6.07) is 11.8. The molecule has 0 radical (unpaired) electrons. The lowest BCUT2D eigenvalue weighted by molar-refractivity contribution is 0.0526. The topological polar surface area (TPSA) is 38.8 Å². The number of nitrogens with zero attached hydrogens (tertiary/aromatic N) is 1. The molecule has 1 aliphatic rings. The minimum absolute atomic E-state index is 0.0186. The molecule has 0 atom stereocenters. The standard InChI is InChI=1S/C21H25NO3/c1-6-24-20(23)15-7-9-16(10-8-15)22(5)17-11-14(2)19-18(12-17)21(3,4)13-25-19/h7-12H,6,13H2,1-5H3. The van der Waals surface area contributed by atoms with Gasteiger partial charge in [-0.15, -0.1) is 0 Å². The summed E-state index contributed by atoms with van der Waals surface area (Å²) >= 11 is 0. The van der Waals surface area contributed by atoms with Crippen molar-refractivity contribution in [2.45, 2.75) is 33.1 Å². The molecule has 2 aromatic rings. The number of hydrogen-bond acceptors (Lipinski definition) is 4. The number of ether oxygens (including phenoxy) is 2. The van der Waals surface area contributed by atoms with Crippen molar-refractivity contribution in [2.24, 2.45) is 0 Å². The molecule has 0 saturated carbocycles. The first kappa shape index (κ1) is 17.3. The van der Waals surface area contributed by atoms with Crippen LogP contribution < -0.4 is 9.64 Å². The van der Waals surface area contributed by atoms with Gasteiger partial charge < -0.3 is 14.4 Å². The number of fused-ring (bicyclic) bond motifs is 1. The van der Waals surface area contributed by atoms with E-state index in [9.17, 15) is 4.79 Å².